The molecule has 0 saturated heterocycles. The molecule has 0 aliphatic rings. The lowest BCUT2D eigenvalue weighted by molar-refractivity contribution is 0.0724. The number of aliphatic hydroxyl groups excluding tert-OH is 1. The van der Waals surface area contributed by atoms with Crippen LogP contribution in [0.25, 0.3) is 22.5 Å². The van der Waals surface area contributed by atoms with E-state index in [4.69, 9.17) is 0 Å². The lowest BCUT2D eigenvalue weighted by Crippen LogP contribution is -2.35. The van der Waals surface area contributed by atoms with Crippen LogP contribution >= 0.6 is 0 Å². The van der Waals surface area contributed by atoms with E-state index in [2.05, 4.69) is 15.2 Å². The van der Waals surface area contributed by atoms with Crippen molar-refractivity contribution in [3.05, 3.63) is 95.8 Å². The van der Waals surface area contributed by atoms with Gasteiger partial charge in [-0.15, -0.1) is 0 Å². The van der Waals surface area contributed by atoms with Crippen molar-refractivity contribution in [2.75, 3.05) is 19.7 Å². The zero-order valence-corrected chi connectivity index (χ0v) is 17.7. The number of aliphatic hydroxyl groups is 1. The van der Waals surface area contributed by atoms with Crippen LogP contribution in [0.1, 0.15) is 16.1 Å². The van der Waals surface area contributed by atoms with E-state index >= 15 is 0 Å². The summed E-state index contributed by atoms with van der Waals surface area (Å²) in [7, 11) is 0. The first-order valence-corrected chi connectivity index (χ1v) is 10.5. The zero-order valence-electron chi connectivity index (χ0n) is 17.7. The fourth-order valence-electron chi connectivity index (χ4n) is 3.59. The minimum Gasteiger partial charge on any atom is -0.395 e. The van der Waals surface area contributed by atoms with Gasteiger partial charge in [0.2, 0.25) is 0 Å². The molecule has 0 unspecified atom stereocenters. The van der Waals surface area contributed by atoms with Gasteiger partial charge >= 0.3 is 0 Å². The van der Waals surface area contributed by atoms with Crippen molar-refractivity contribution in [1.29, 1.82) is 0 Å². The number of halogens is 2. The molecular weight excluding hydrogens is 426 g/mol. The highest BCUT2D eigenvalue weighted by atomic mass is 19.1. The molecule has 2 N–H and O–H groups in total. The molecule has 0 aliphatic heterocycles. The van der Waals surface area contributed by atoms with Crippen LogP contribution in [0, 0.1) is 11.6 Å². The van der Waals surface area contributed by atoms with Crippen LogP contribution in [-0.2, 0) is 6.42 Å². The molecule has 8 heteroatoms. The summed E-state index contributed by atoms with van der Waals surface area (Å²) in [5, 5.41) is 16.5. The van der Waals surface area contributed by atoms with Crippen molar-refractivity contribution < 1.29 is 18.7 Å². The molecule has 4 rings (SSSR count). The third kappa shape index (κ3) is 5.12. The summed E-state index contributed by atoms with van der Waals surface area (Å²) in [5.74, 6) is -1.37. The SMILES string of the molecule is O=C(c1cccc(F)c1-c1cc(-c2ccc(F)cc2)[nH]n1)N(CCO)CCc1ccccn1. The van der Waals surface area contributed by atoms with Crippen LogP contribution in [0.4, 0.5) is 8.78 Å². The highest BCUT2D eigenvalue weighted by Gasteiger charge is 2.23. The Balaban J connectivity index is 1.64. The molecule has 0 radical (unpaired) electrons. The van der Waals surface area contributed by atoms with E-state index < -0.39 is 11.7 Å². The van der Waals surface area contributed by atoms with Crippen molar-refractivity contribution >= 4 is 5.91 Å². The van der Waals surface area contributed by atoms with E-state index in [9.17, 15) is 18.7 Å². The van der Waals surface area contributed by atoms with E-state index in [1.165, 1.54) is 35.2 Å². The molecule has 2 aromatic carbocycles. The highest BCUT2D eigenvalue weighted by molar-refractivity contribution is 6.00. The number of rotatable bonds is 8. The Kier molecular flexibility index (Phi) is 6.85. The second-order valence-corrected chi connectivity index (χ2v) is 7.42. The molecule has 0 saturated carbocycles. The lowest BCUT2D eigenvalue weighted by atomic mass is 10.0. The van der Waals surface area contributed by atoms with Crippen LogP contribution < -0.4 is 0 Å². The van der Waals surface area contributed by atoms with Gasteiger partial charge in [-0.25, -0.2) is 8.78 Å². The standard InChI is InChI=1S/C25H22F2N4O2/c26-18-9-7-17(8-10-18)22-16-23(30-29-22)24-20(5-3-6-21(24)27)25(33)31(14-15-32)13-11-19-4-1-2-12-28-19/h1-10,12,16,32H,11,13-15H2,(H,29,30). The van der Waals surface area contributed by atoms with Gasteiger partial charge in [-0.2, -0.15) is 5.10 Å². The average Bonchev–Trinajstić information content (AvgIpc) is 3.32. The summed E-state index contributed by atoms with van der Waals surface area (Å²) in [5.41, 5.74) is 2.51. The molecule has 6 nitrogen and oxygen atoms in total. The molecule has 0 atom stereocenters. The summed E-state index contributed by atoms with van der Waals surface area (Å²) in [6.45, 7) is 0.187. The minimum atomic E-state index is -0.591. The van der Waals surface area contributed by atoms with Gasteiger partial charge in [-0.1, -0.05) is 12.1 Å². The number of amides is 1. The van der Waals surface area contributed by atoms with Gasteiger partial charge in [-0.05, 0) is 60.2 Å². The number of carbonyl (C=O) groups is 1. The Bertz CT molecular complexity index is 1230. The van der Waals surface area contributed by atoms with E-state index in [1.54, 1.807) is 24.4 Å². The Hall–Kier alpha value is -3.91. The summed E-state index contributed by atoms with van der Waals surface area (Å²) < 4.78 is 28.2. The summed E-state index contributed by atoms with van der Waals surface area (Å²) in [6, 6.07) is 17.2. The fraction of sp³-hybridized carbons (Fsp3) is 0.160. The first kappa shape index (κ1) is 22.3. The Morgan fingerprint density at radius 3 is 2.55 bits per heavy atom. The molecule has 2 heterocycles. The van der Waals surface area contributed by atoms with Crippen LogP contribution in [0.3, 0.4) is 0 Å². The monoisotopic (exact) mass is 448 g/mol. The predicted octanol–water partition coefficient (Wildman–Crippen LogP) is 4.09. The van der Waals surface area contributed by atoms with Crippen LogP contribution in [-0.4, -0.2) is 50.8 Å². The maximum atomic E-state index is 14.9. The number of carbonyl (C=O) groups excluding carboxylic acids is 1. The molecule has 0 bridgehead atoms. The van der Waals surface area contributed by atoms with Gasteiger partial charge in [0.25, 0.3) is 5.91 Å². The van der Waals surface area contributed by atoms with Crippen molar-refractivity contribution in [1.82, 2.24) is 20.1 Å². The molecule has 1 amide bonds. The normalized spacial score (nSPS) is 10.9. The first-order valence-electron chi connectivity index (χ1n) is 10.5. The summed E-state index contributed by atoms with van der Waals surface area (Å²) in [4.78, 5) is 19.1. The van der Waals surface area contributed by atoms with Crippen molar-refractivity contribution in [3.63, 3.8) is 0 Å². The third-order valence-corrected chi connectivity index (χ3v) is 5.25. The molecule has 0 fully saturated rings. The molecule has 4 aromatic rings. The summed E-state index contributed by atoms with van der Waals surface area (Å²) >= 11 is 0. The fourth-order valence-corrected chi connectivity index (χ4v) is 3.59. The number of nitrogens with one attached hydrogen (secondary N) is 1. The number of nitrogens with zero attached hydrogens (tertiary/aromatic N) is 3. The molecule has 0 spiro atoms. The van der Waals surface area contributed by atoms with Gasteiger partial charge < -0.3 is 10.0 Å². The quantitative estimate of drug-likeness (QED) is 0.425. The Morgan fingerprint density at radius 1 is 1.00 bits per heavy atom. The smallest absolute Gasteiger partial charge is 0.254 e. The number of hydrogen-bond acceptors (Lipinski definition) is 4. The minimum absolute atomic E-state index is 0.0629. The second kappa shape index (κ2) is 10.1. The van der Waals surface area contributed by atoms with E-state index in [-0.39, 0.29) is 35.8 Å². The van der Waals surface area contributed by atoms with Gasteiger partial charge in [0.1, 0.15) is 11.6 Å². The molecule has 0 aliphatic carbocycles. The summed E-state index contributed by atoms with van der Waals surface area (Å²) in [6.07, 6.45) is 2.17. The van der Waals surface area contributed by atoms with Crippen molar-refractivity contribution in [3.8, 4) is 22.5 Å². The third-order valence-electron chi connectivity index (χ3n) is 5.25. The van der Waals surface area contributed by atoms with Gasteiger partial charge in [0.15, 0.2) is 0 Å². The van der Waals surface area contributed by atoms with Gasteiger partial charge in [-0.3, -0.25) is 14.9 Å². The van der Waals surface area contributed by atoms with Crippen molar-refractivity contribution in [2.24, 2.45) is 0 Å². The predicted molar refractivity (Wildman–Crippen MR) is 120 cm³/mol. The van der Waals surface area contributed by atoms with E-state index in [1.807, 2.05) is 18.2 Å². The van der Waals surface area contributed by atoms with E-state index in [0.29, 0.717) is 24.2 Å². The number of benzene rings is 2. The molecular formula is C25H22F2N4O2. The van der Waals surface area contributed by atoms with E-state index in [0.717, 1.165) is 5.69 Å². The molecule has 168 valence electrons. The topological polar surface area (TPSA) is 82.1 Å². The molecule has 33 heavy (non-hydrogen) atoms. The highest BCUT2D eigenvalue weighted by Crippen LogP contribution is 2.29. The molecule has 2 aromatic heterocycles. The Labute approximate surface area is 189 Å². The van der Waals surface area contributed by atoms with Crippen LogP contribution in [0.15, 0.2) is 72.9 Å². The number of aromatic nitrogens is 3. The maximum absolute atomic E-state index is 14.9. The van der Waals surface area contributed by atoms with Crippen molar-refractivity contribution in [2.45, 2.75) is 6.42 Å². The zero-order chi connectivity index (χ0) is 23.2. The van der Waals surface area contributed by atoms with Gasteiger partial charge in [0.05, 0.1) is 29.1 Å². The number of H-pyrrole nitrogens is 1. The van der Waals surface area contributed by atoms with Gasteiger partial charge in [0, 0.05) is 31.4 Å². The first-order chi connectivity index (χ1) is 16.1. The largest absolute Gasteiger partial charge is 0.395 e. The maximum Gasteiger partial charge on any atom is 0.254 e. The number of aromatic amines is 1. The van der Waals surface area contributed by atoms with Crippen LogP contribution in [0.5, 0.6) is 0 Å². The average molecular weight is 448 g/mol. The lowest BCUT2D eigenvalue weighted by Gasteiger charge is -2.23. The van der Waals surface area contributed by atoms with Crippen LogP contribution in [0.2, 0.25) is 0 Å². The number of pyridine rings is 1. The Morgan fingerprint density at radius 2 is 1.82 bits per heavy atom. The second-order valence-electron chi connectivity index (χ2n) is 7.42. The number of hydrogen-bond donors (Lipinski definition) is 2.